The van der Waals surface area contributed by atoms with E-state index in [1.807, 2.05) is 39.0 Å². The topological polar surface area (TPSA) is 110 Å². The van der Waals surface area contributed by atoms with Gasteiger partial charge in [0, 0.05) is 35.3 Å². The third-order valence-electron chi connectivity index (χ3n) is 6.73. The molecule has 0 bridgehead atoms. The fourth-order valence-corrected chi connectivity index (χ4v) is 5.15. The third kappa shape index (κ3) is 6.12. The minimum Gasteiger partial charge on any atom is -0.479 e. The SMILES string of the molecule is CCOC(=O)c1nn(-c2cnc(OC)nc2OC)c(C(C)C)c1C(Cc1cc(C)cn(C)c1=O)c1ccc(Cl)cc1. The van der Waals surface area contributed by atoms with Crippen molar-refractivity contribution >= 4 is 17.6 Å². The van der Waals surface area contributed by atoms with E-state index in [9.17, 15) is 9.59 Å². The summed E-state index contributed by atoms with van der Waals surface area (Å²) in [6.45, 7) is 7.87. The Labute approximate surface area is 243 Å². The standard InChI is InChI=1S/C30H34ClN5O5/c1-8-41-29(38)25-24(26(17(2)3)36(34-25)23-15-32-30(40-7)33-27(23)39-6)22(19-9-11-21(31)12-10-19)14-20-13-18(4)16-35(5)28(20)37/h9-13,15-17,22H,8,14H2,1-7H3. The number of halogens is 1. The summed E-state index contributed by atoms with van der Waals surface area (Å²) in [5, 5.41) is 5.35. The maximum atomic E-state index is 13.5. The molecule has 0 aliphatic heterocycles. The Morgan fingerprint density at radius 1 is 1.12 bits per heavy atom. The van der Waals surface area contributed by atoms with Crippen molar-refractivity contribution in [2.75, 3.05) is 20.8 Å². The van der Waals surface area contributed by atoms with Gasteiger partial charge in [-0.1, -0.05) is 37.6 Å². The molecule has 0 N–H and O–H groups in total. The molecule has 0 aliphatic carbocycles. The molecule has 41 heavy (non-hydrogen) atoms. The number of aromatic nitrogens is 5. The first-order valence-electron chi connectivity index (χ1n) is 13.3. The van der Waals surface area contributed by atoms with Gasteiger partial charge in [-0.2, -0.15) is 10.1 Å². The molecule has 4 rings (SSSR count). The van der Waals surface area contributed by atoms with Crippen LogP contribution in [0.5, 0.6) is 11.9 Å². The van der Waals surface area contributed by atoms with Gasteiger partial charge in [-0.15, -0.1) is 0 Å². The number of carbonyl (C=O) groups is 1. The smallest absolute Gasteiger partial charge is 0.359 e. The lowest BCUT2D eigenvalue weighted by molar-refractivity contribution is 0.0517. The van der Waals surface area contributed by atoms with Crippen molar-refractivity contribution in [1.29, 1.82) is 0 Å². The van der Waals surface area contributed by atoms with Gasteiger partial charge in [0.25, 0.3) is 5.56 Å². The number of esters is 1. The highest BCUT2D eigenvalue weighted by Gasteiger charge is 2.34. The van der Waals surface area contributed by atoms with Crippen molar-refractivity contribution in [2.24, 2.45) is 7.05 Å². The zero-order valence-corrected chi connectivity index (χ0v) is 25.0. The van der Waals surface area contributed by atoms with E-state index in [0.29, 0.717) is 28.3 Å². The zero-order valence-electron chi connectivity index (χ0n) is 24.3. The van der Waals surface area contributed by atoms with Crippen LogP contribution >= 0.6 is 11.6 Å². The number of pyridine rings is 1. The molecule has 0 radical (unpaired) electrons. The summed E-state index contributed by atoms with van der Waals surface area (Å²) in [7, 11) is 4.68. The van der Waals surface area contributed by atoms with E-state index >= 15 is 0 Å². The number of ether oxygens (including phenoxy) is 3. The van der Waals surface area contributed by atoms with Gasteiger partial charge in [-0.05, 0) is 55.5 Å². The summed E-state index contributed by atoms with van der Waals surface area (Å²) in [4.78, 5) is 35.4. The molecule has 3 aromatic heterocycles. The number of hydrogen-bond donors (Lipinski definition) is 0. The second kappa shape index (κ2) is 12.6. The molecule has 1 aromatic carbocycles. The fraction of sp³-hybridized carbons (Fsp3) is 0.367. The average molecular weight is 580 g/mol. The number of carbonyl (C=O) groups excluding carboxylic acids is 1. The highest BCUT2D eigenvalue weighted by molar-refractivity contribution is 6.30. The van der Waals surface area contributed by atoms with Gasteiger partial charge in [-0.25, -0.2) is 14.5 Å². The molecule has 216 valence electrons. The fourth-order valence-electron chi connectivity index (χ4n) is 5.03. The van der Waals surface area contributed by atoms with Crippen LogP contribution in [-0.2, 0) is 18.2 Å². The van der Waals surface area contributed by atoms with Gasteiger partial charge in [0.2, 0.25) is 5.88 Å². The molecule has 0 amide bonds. The Morgan fingerprint density at radius 2 is 1.83 bits per heavy atom. The molecular weight excluding hydrogens is 546 g/mol. The number of nitrogens with zero attached hydrogens (tertiary/aromatic N) is 5. The summed E-state index contributed by atoms with van der Waals surface area (Å²) in [5.74, 6) is -0.924. The van der Waals surface area contributed by atoms with E-state index in [0.717, 1.165) is 16.8 Å². The highest BCUT2D eigenvalue weighted by Crippen LogP contribution is 2.39. The molecule has 0 saturated carbocycles. The van der Waals surface area contributed by atoms with Crippen LogP contribution in [0.25, 0.3) is 5.69 Å². The maximum Gasteiger partial charge on any atom is 0.359 e. The van der Waals surface area contributed by atoms with Gasteiger partial charge >= 0.3 is 12.0 Å². The van der Waals surface area contributed by atoms with Crippen molar-refractivity contribution < 1.29 is 19.0 Å². The van der Waals surface area contributed by atoms with E-state index in [2.05, 4.69) is 9.97 Å². The van der Waals surface area contributed by atoms with Crippen LogP contribution in [0.2, 0.25) is 5.02 Å². The van der Waals surface area contributed by atoms with Crippen molar-refractivity contribution in [2.45, 2.75) is 46.0 Å². The number of aryl methyl sites for hydroxylation is 2. The average Bonchev–Trinajstić information content (AvgIpc) is 3.35. The Balaban J connectivity index is 2.07. The summed E-state index contributed by atoms with van der Waals surface area (Å²) in [6, 6.07) is 9.41. The van der Waals surface area contributed by atoms with Crippen molar-refractivity contribution in [1.82, 2.24) is 24.3 Å². The van der Waals surface area contributed by atoms with Gasteiger partial charge in [0.1, 0.15) is 5.69 Å². The van der Waals surface area contributed by atoms with Crippen molar-refractivity contribution in [3.63, 3.8) is 0 Å². The summed E-state index contributed by atoms with van der Waals surface area (Å²) < 4.78 is 19.4. The quantitative estimate of drug-likeness (QED) is 0.241. The Kier molecular flexibility index (Phi) is 9.12. The Hall–Kier alpha value is -4.18. The summed E-state index contributed by atoms with van der Waals surface area (Å²) in [6.07, 6.45) is 3.64. The molecule has 1 atom stereocenters. The Bertz CT molecular complexity index is 1610. The van der Waals surface area contributed by atoms with E-state index < -0.39 is 11.9 Å². The molecule has 0 spiro atoms. The van der Waals surface area contributed by atoms with Gasteiger partial charge in [0.05, 0.1) is 32.7 Å². The molecule has 11 heteroatoms. The van der Waals surface area contributed by atoms with Crippen LogP contribution in [0, 0.1) is 6.92 Å². The second-order valence-electron chi connectivity index (χ2n) is 9.95. The molecule has 1 unspecified atom stereocenters. The minimum atomic E-state index is -0.576. The monoisotopic (exact) mass is 579 g/mol. The van der Waals surface area contributed by atoms with Crippen LogP contribution in [0.4, 0.5) is 0 Å². The summed E-state index contributed by atoms with van der Waals surface area (Å²) >= 11 is 6.25. The molecule has 3 heterocycles. The predicted octanol–water partition coefficient (Wildman–Crippen LogP) is 5.01. The molecule has 4 aromatic rings. The molecule has 0 saturated heterocycles. The lowest BCUT2D eigenvalue weighted by Crippen LogP contribution is -2.24. The first-order valence-corrected chi connectivity index (χ1v) is 13.6. The normalized spacial score (nSPS) is 11.9. The van der Waals surface area contributed by atoms with Crippen LogP contribution in [-0.4, -0.2) is 51.1 Å². The lowest BCUT2D eigenvalue weighted by Gasteiger charge is -2.22. The van der Waals surface area contributed by atoms with Crippen LogP contribution < -0.4 is 15.0 Å². The maximum absolute atomic E-state index is 13.5. The number of benzene rings is 1. The summed E-state index contributed by atoms with van der Waals surface area (Å²) in [5.41, 5.74) is 4.23. The van der Waals surface area contributed by atoms with Crippen LogP contribution in [0.3, 0.4) is 0 Å². The van der Waals surface area contributed by atoms with E-state index in [1.165, 1.54) is 20.4 Å². The number of methoxy groups -OCH3 is 2. The van der Waals surface area contributed by atoms with E-state index in [1.54, 1.807) is 41.5 Å². The van der Waals surface area contributed by atoms with Crippen molar-refractivity contribution in [3.05, 3.63) is 91.7 Å². The zero-order chi connectivity index (χ0) is 29.8. The molecular formula is C30H34ClN5O5. The van der Waals surface area contributed by atoms with Gasteiger partial charge in [0.15, 0.2) is 5.69 Å². The highest BCUT2D eigenvalue weighted by atomic mass is 35.5. The molecule has 10 nitrogen and oxygen atoms in total. The first kappa shape index (κ1) is 29.8. The first-order chi connectivity index (χ1) is 19.6. The van der Waals surface area contributed by atoms with Gasteiger partial charge in [-0.3, -0.25) is 4.79 Å². The van der Waals surface area contributed by atoms with E-state index in [-0.39, 0.29) is 35.7 Å². The van der Waals surface area contributed by atoms with Crippen molar-refractivity contribution in [3.8, 4) is 17.6 Å². The van der Waals surface area contributed by atoms with Crippen LogP contribution in [0.1, 0.15) is 71.0 Å². The Morgan fingerprint density at radius 3 is 2.44 bits per heavy atom. The predicted molar refractivity (Wildman–Crippen MR) is 156 cm³/mol. The second-order valence-corrected chi connectivity index (χ2v) is 10.4. The van der Waals surface area contributed by atoms with Gasteiger partial charge < -0.3 is 18.8 Å². The molecule has 0 aliphatic rings. The van der Waals surface area contributed by atoms with Crippen LogP contribution in [0.15, 0.2) is 47.5 Å². The number of hydrogen-bond acceptors (Lipinski definition) is 8. The van der Waals surface area contributed by atoms with E-state index in [4.69, 9.17) is 30.9 Å². The molecule has 0 fully saturated rings. The lowest BCUT2D eigenvalue weighted by atomic mass is 9.82. The number of rotatable bonds is 10. The largest absolute Gasteiger partial charge is 0.479 e. The minimum absolute atomic E-state index is 0.115. The third-order valence-corrected chi connectivity index (χ3v) is 6.98.